The van der Waals surface area contributed by atoms with Crippen molar-refractivity contribution in [1.29, 1.82) is 0 Å². The Morgan fingerprint density at radius 2 is 1.86 bits per heavy atom. The molecule has 2 fully saturated rings. The zero-order chi connectivity index (χ0) is 20.8. The van der Waals surface area contributed by atoms with Gasteiger partial charge in [-0.2, -0.15) is 0 Å². The Morgan fingerprint density at radius 1 is 1.14 bits per heavy atom. The van der Waals surface area contributed by atoms with Crippen molar-refractivity contribution < 1.29 is 14.4 Å². The highest BCUT2D eigenvalue weighted by Crippen LogP contribution is 2.17. The van der Waals surface area contributed by atoms with Crippen LogP contribution in [0.2, 0.25) is 0 Å². The second kappa shape index (κ2) is 9.84. The third-order valence-corrected chi connectivity index (χ3v) is 5.66. The van der Waals surface area contributed by atoms with Gasteiger partial charge in [0.05, 0.1) is 13.0 Å². The molecule has 3 rings (SSSR count). The average Bonchev–Trinajstić information content (AvgIpc) is 2.71. The molecule has 158 valence electrons. The van der Waals surface area contributed by atoms with E-state index in [1.807, 2.05) is 31.2 Å². The molecular weight excluding hydrogens is 370 g/mol. The van der Waals surface area contributed by atoms with Crippen molar-refractivity contribution in [3.05, 3.63) is 29.8 Å². The van der Waals surface area contributed by atoms with Crippen molar-refractivity contribution >= 4 is 23.4 Å². The van der Waals surface area contributed by atoms with E-state index >= 15 is 0 Å². The number of piperazine rings is 2. The van der Waals surface area contributed by atoms with Crippen LogP contribution in [0.3, 0.4) is 0 Å². The number of carbonyl (C=O) groups excluding carboxylic acids is 3. The van der Waals surface area contributed by atoms with Gasteiger partial charge in [0.1, 0.15) is 6.04 Å². The number of hydrogen-bond acceptors (Lipinski definition) is 5. The number of aryl methyl sites for hydroxylation is 1. The van der Waals surface area contributed by atoms with Crippen LogP contribution in [0.1, 0.15) is 18.9 Å². The molecule has 8 nitrogen and oxygen atoms in total. The SMILES string of the molecule is CCc1ccccc1NC(=O)CC1C(=O)NCCN1C(=O)CN1CCN(C)CC1. The van der Waals surface area contributed by atoms with Crippen molar-refractivity contribution in [2.75, 3.05) is 58.2 Å². The summed E-state index contributed by atoms with van der Waals surface area (Å²) in [7, 11) is 2.07. The van der Waals surface area contributed by atoms with Gasteiger partial charge in [-0.3, -0.25) is 19.3 Å². The molecule has 1 aromatic carbocycles. The van der Waals surface area contributed by atoms with E-state index in [4.69, 9.17) is 0 Å². The summed E-state index contributed by atoms with van der Waals surface area (Å²) in [4.78, 5) is 43.9. The van der Waals surface area contributed by atoms with Crippen molar-refractivity contribution in [2.24, 2.45) is 0 Å². The lowest BCUT2D eigenvalue weighted by atomic mass is 10.1. The molecule has 0 spiro atoms. The number of para-hydroxylation sites is 1. The van der Waals surface area contributed by atoms with E-state index in [0.717, 1.165) is 43.9 Å². The summed E-state index contributed by atoms with van der Waals surface area (Å²) in [6, 6.07) is 6.86. The van der Waals surface area contributed by atoms with E-state index in [-0.39, 0.29) is 30.7 Å². The molecule has 1 atom stereocenters. The van der Waals surface area contributed by atoms with Gasteiger partial charge in [-0.15, -0.1) is 0 Å². The maximum absolute atomic E-state index is 12.9. The molecule has 8 heteroatoms. The topological polar surface area (TPSA) is 85.0 Å². The number of likely N-dealkylation sites (N-methyl/N-ethyl adjacent to an activating group) is 1. The third-order valence-electron chi connectivity index (χ3n) is 5.66. The Kier molecular flexibility index (Phi) is 7.22. The summed E-state index contributed by atoms with van der Waals surface area (Å²) in [5, 5.41) is 5.69. The molecule has 1 aromatic rings. The third kappa shape index (κ3) is 5.55. The van der Waals surface area contributed by atoms with Crippen LogP contribution in [0.15, 0.2) is 24.3 Å². The standard InChI is InChI=1S/C21H31N5O3/c1-3-16-6-4-5-7-17(16)23-19(27)14-18-21(29)22-8-9-26(18)20(28)15-25-12-10-24(2)11-13-25/h4-7,18H,3,8-15H2,1-2H3,(H,22,29)(H,23,27). The van der Waals surface area contributed by atoms with Crippen molar-refractivity contribution in [1.82, 2.24) is 20.0 Å². The van der Waals surface area contributed by atoms with Crippen LogP contribution in [0.25, 0.3) is 0 Å². The quantitative estimate of drug-likeness (QED) is 0.709. The number of carbonyl (C=O) groups is 3. The highest BCUT2D eigenvalue weighted by molar-refractivity contribution is 5.98. The lowest BCUT2D eigenvalue weighted by Gasteiger charge is -2.37. The Morgan fingerprint density at radius 3 is 2.59 bits per heavy atom. The van der Waals surface area contributed by atoms with Gasteiger partial charge in [-0.25, -0.2) is 0 Å². The van der Waals surface area contributed by atoms with Gasteiger partial charge in [-0.05, 0) is 25.1 Å². The summed E-state index contributed by atoms with van der Waals surface area (Å²) in [6.45, 7) is 6.69. The first-order valence-corrected chi connectivity index (χ1v) is 10.3. The molecule has 3 amide bonds. The highest BCUT2D eigenvalue weighted by atomic mass is 16.2. The molecule has 0 radical (unpaired) electrons. The predicted molar refractivity (Wildman–Crippen MR) is 112 cm³/mol. The minimum absolute atomic E-state index is 0.0433. The van der Waals surface area contributed by atoms with Gasteiger partial charge < -0.3 is 20.4 Å². The first-order chi connectivity index (χ1) is 14.0. The molecule has 2 aliphatic rings. The smallest absolute Gasteiger partial charge is 0.243 e. The Hall–Kier alpha value is -2.45. The largest absolute Gasteiger partial charge is 0.353 e. The summed E-state index contributed by atoms with van der Waals surface area (Å²) in [6.07, 6.45) is 0.758. The number of anilines is 1. The van der Waals surface area contributed by atoms with E-state index in [2.05, 4.69) is 27.5 Å². The van der Waals surface area contributed by atoms with Crippen molar-refractivity contribution in [2.45, 2.75) is 25.8 Å². The van der Waals surface area contributed by atoms with Crippen molar-refractivity contribution in [3.63, 3.8) is 0 Å². The molecule has 2 heterocycles. The van der Waals surface area contributed by atoms with Crippen LogP contribution in [0.4, 0.5) is 5.69 Å². The van der Waals surface area contributed by atoms with Gasteiger partial charge >= 0.3 is 0 Å². The van der Waals surface area contributed by atoms with Crippen LogP contribution in [-0.2, 0) is 20.8 Å². The summed E-state index contributed by atoms with van der Waals surface area (Å²) >= 11 is 0. The van der Waals surface area contributed by atoms with Gasteiger partial charge in [0.2, 0.25) is 17.7 Å². The first-order valence-electron chi connectivity index (χ1n) is 10.3. The van der Waals surface area contributed by atoms with Crippen LogP contribution < -0.4 is 10.6 Å². The molecule has 0 aliphatic carbocycles. The minimum atomic E-state index is -0.766. The van der Waals surface area contributed by atoms with E-state index in [1.54, 1.807) is 4.90 Å². The molecule has 0 bridgehead atoms. The fraction of sp³-hybridized carbons (Fsp3) is 0.571. The zero-order valence-electron chi connectivity index (χ0n) is 17.3. The summed E-state index contributed by atoms with van der Waals surface area (Å²) in [5.74, 6) is -0.608. The number of amides is 3. The second-order valence-electron chi connectivity index (χ2n) is 7.74. The maximum atomic E-state index is 12.9. The number of nitrogens with zero attached hydrogens (tertiary/aromatic N) is 3. The monoisotopic (exact) mass is 401 g/mol. The minimum Gasteiger partial charge on any atom is -0.353 e. The first kappa shape index (κ1) is 21.3. The van der Waals surface area contributed by atoms with E-state index < -0.39 is 6.04 Å². The summed E-state index contributed by atoms with van der Waals surface area (Å²) < 4.78 is 0. The molecule has 2 aliphatic heterocycles. The van der Waals surface area contributed by atoms with Gasteiger partial charge in [-0.1, -0.05) is 25.1 Å². The second-order valence-corrected chi connectivity index (χ2v) is 7.74. The Bertz CT molecular complexity index is 746. The highest BCUT2D eigenvalue weighted by Gasteiger charge is 2.35. The van der Waals surface area contributed by atoms with E-state index in [1.165, 1.54) is 0 Å². The molecule has 29 heavy (non-hydrogen) atoms. The number of benzene rings is 1. The molecule has 1 unspecified atom stereocenters. The number of rotatable bonds is 6. The van der Waals surface area contributed by atoms with Crippen LogP contribution >= 0.6 is 0 Å². The lowest BCUT2D eigenvalue weighted by Crippen LogP contribution is -2.60. The zero-order valence-corrected chi connectivity index (χ0v) is 17.3. The fourth-order valence-corrected chi connectivity index (χ4v) is 3.83. The molecule has 2 saturated heterocycles. The predicted octanol–water partition coefficient (Wildman–Crippen LogP) is 0.152. The molecular formula is C21H31N5O3. The van der Waals surface area contributed by atoms with Crippen LogP contribution in [-0.4, -0.2) is 91.3 Å². The number of nitrogens with one attached hydrogen (secondary N) is 2. The van der Waals surface area contributed by atoms with Crippen LogP contribution in [0.5, 0.6) is 0 Å². The van der Waals surface area contributed by atoms with Crippen molar-refractivity contribution in [3.8, 4) is 0 Å². The maximum Gasteiger partial charge on any atom is 0.243 e. The van der Waals surface area contributed by atoms with Crippen LogP contribution in [0, 0.1) is 0 Å². The molecule has 2 N–H and O–H groups in total. The molecule has 0 saturated carbocycles. The Labute approximate surface area is 172 Å². The normalized spacial score (nSPS) is 21.0. The van der Waals surface area contributed by atoms with E-state index in [9.17, 15) is 14.4 Å². The molecule has 0 aromatic heterocycles. The Balaban J connectivity index is 1.62. The summed E-state index contributed by atoms with van der Waals surface area (Å²) in [5.41, 5.74) is 1.79. The van der Waals surface area contributed by atoms with E-state index in [0.29, 0.717) is 13.1 Å². The van der Waals surface area contributed by atoms with Gasteiger partial charge in [0.15, 0.2) is 0 Å². The average molecular weight is 402 g/mol. The van der Waals surface area contributed by atoms with Gasteiger partial charge in [0, 0.05) is 45.0 Å². The fourth-order valence-electron chi connectivity index (χ4n) is 3.83. The van der Waals surface area contributed by atoms with Gasteiger partial charge in [0.25, 0.3) is 0 Å². The number of hydrogen-bond donors (Lipinski definition) is 2. The lowest BCUT2D eigenvalue weighted by molar-refractivity contribution is -0.145.